The lowest BCUT2D eigenvalue weighted by Crippen LogP contribution is -2.32. The molecule has 0 bridgehead atoms. The van der Waals surface area contributed by atoms with E-state index in [1.165, 1.54) is 10.6 Å². The van der Waals surface area contributed by atoms with Gasteiger partial charge in [0.1, 0.15) is 17.6 Å². The van der Waals surface area contributed by atoms with Crippen LogP contribution in [0.1, 0.15) is 45.1 Å². The van der Waals surface area contributed by atoms with Crippen molar-refractivity contribution in [2.45, 2.75) is 47.1 Å². The molecule has 0 fully saturated rings. The molecule has 136 valence electrons. The number of anilines is 1. The van der Waals surface area contributed by atoms with Gasteiger partial charge in [-0.1, -0.05) is 20.8 Å². The fraction of sp³-hybridized carbons (Fsp3) is 0.500. The van der Waals surface area contributed by atoms with Crippen LogP contribution in [0.2, 0.25) is 0 Å². The zero-order valence-electron chi connectivity index (χ0n) is 15.6. The van der Waals surface area contributed by atoms with Crippen molar-refractivity contribution >= 4 is 11.7 Å². The van der Waals surface area contributed by atoms with E-state index in [9.17, 15) is 14.7 Å². The smallest absolute Gasteiger partial charge is 0.255 e. The quantitative estimate of drug-likeness (QED) is 0.889. The lowest BCUT2D eigenvalue weighted by molar-refractivity contribution is -0.119. The Kier molecular flexibility index (Phi) is 5.06. The number of hydrogen-bond donors (Lipinski definition) is 2. The van der Waals surface area contributed by atoms with Gasteiger partial charge in [-0.05, 0) is 31.7 Å². The monoisotopic (exact) mass is 346 g/mol. The van der Waals surface area contributed by atoms with Gasteiger partial charge in [0.15, 0.2) is 0 Å². The highest BCUT2D eigenvalue weighted by molar-refractivity contribution is 5.92. The number of pyridine rings is 1. The normalized spacial score (nSPS) is 12.9. The van der Waals surface area contributed by atoms with Gasteiger partial charge in [-0.25, -0.2) is 0 Å². The topological polar surface area (TPSA) is 89.2 Å². The summed E-state index contributed by atoms with van der Waals surface area (Å²) in [6.45, 7) is 9.70. The van der Waals surface area contributed by atoms with E-state index in [0.717, 1.165) is 18.2 Å². The average Bonchev–Trinajstić information content (AvgIpc) is 2.74. The predicted octanol–water partition coefficient (Wildman–Crippen LogP) is 2.38. The van der Waals surface area contributed by atoms with Gasteiger partial charge >= 0.3 is 0 Å². The first-order valence-electron chi connectivity index (χ1n) is 8.24. The summed E-state index contributed by atoms with van der Waals surface area (Å²) in [5.41, 5.74) is 1.10. The second-order valence-corrected chi connectivity index (χ2v) is 7.61. The number of aromatic nitrogens is 3. The van der Waals surface area contributed by atoms with E-state index >= 15 is 0 Å². The fourth-order valence-corrected chi connectivity index (χ4v) is 2.81. The Labute approximate surface area is 147 Å². The first-order valence-corrected chi connectivity index (χ1v) is 8.24. The van der Waals surface area contributed by atoms with Crippen LogP contribution in [0.25, 0.3) is 0 Å². The maximum Gasteiger partial charge on any atom is 0.255 e. The summed E-state index contributed by atoms with van der Waals surface area (Å²) < 4.78 is 2.97. The van der Waals surface area contributed by atoms with Gasteiger partial charge < -0.3 is 15.0 Å². The third kappa shape index (κ3) is 4.49. The third-order valence-electron chi connectivity index (χ3n) is 3.91. The van der Waals surface area contributed by atoms with Gasteiger partial charge in [-0.3, -0.25) is 14.3 Å². The van der Waals surface area contributed by atoms with Crippen molar-refractivity contribution < 1.29 is 9.90 Å². The number of aryl methyl sites for hydroxylation is 2. The Balaban J connectivity index is 2.21. The zero-order chi connectivity index (χ0) is 18.9. The fourth-order valence-electron chi connectivity index (χ4n) is 2.81. The zero-order valence-corrected chi connectivity index (χ0v) is 15.6. The summed E-state index contributed by atoms with van der Waals surface area (Å²) >= 11 is 0. The second-order valence-electron chi connectivity index (χ2n) is 7.61. The summed E-state index contributed by atoms with van der Waals surface area (Å²) in [6.07, 6.45) is 0.794. The molecule has 1 amide bonds. The number of nitrogens with one attached hydrogen (secondary N) is 1. The Hall–Kier alpha value is -2.57. The van der Waals surface area contributed by atoms with E-state index in [0.29, 0.717) is 11.5 Å². The number of aromatic hydroxyl groups is 1. The Morgan fingerprint density at radius 3 is 2.52 bits per heavy atom. The van der Waals surface area contributed by atoms with Crippen molar-refractivity contribution in [1.29, 1.82) is 0 Å². The standard InChI is InChI=1S/C18H26N4O3/c1-11-7-14(23)9-16(24)22(11)12(2)17(25)19-15-8-13(20-21(15)6)10-18(3,4)5/h7-9,12,23H,10H2,1-6H3,(H,19,25)/t12-/m1/s1. The second kappa shape index (κ2) is 6.74. The predicted molar refractivity (Wildman–Crippen MR) is 96.8 cm³/mol. The average molecular weight is 346 g/mol. The van der Waals surface area contributed by atoms with Crippen LogP contribution in [-0.2, 0) is 18.3 Å². The molecule has 7 heteroatoms. The Morgan fingerprint density at radius 1 is 1.32 bits per heavy atom. The van der Waals surface area contributed by atoms with Crippen LogP contribution < -0.4 is 10.9 Å². The van der Waals surface area contributed by atoms with Gasteiger partial charge in [0.05, 0.1) is 5.69 Å². The molecule has 1 atom stereocenters. The van der Waals surface area contributed by atoms with Crippen LogP contribution in [0.15, 0.2) is 23.0 Å². The SMILES string of the molecule is Cc1cc(O)cc(=O)n1[C@H](C)C(=O)Nc1cc(CC(C)(C)C)nn1C. The maximum atomic E-state index is 12.6. The van der Waals surface area contributed by atoms with Crippen LogP contribution in [0.4, 0.5) is 5.82 Å². The van der Waals surface area contributed by atoms with E-state index in [4.69, 9.17) is 0 Å². The van der Waals surface area contributed by atoms with E-state index in [2.05, 4.69) is 31.2 Å². The van der Waals surface area contributed by atoms with E-state index in [1.54, 1.807) is 25.6 Å². The lowest BCUT2D eigenvalue weighted by atomic mass is 9.91. The maximum absolute atomic E-state index is 12.6. The first-order chi connectivity index (χ1) is 11.5. The number of carbonyl (C=O) groups excluding carboxylic acids is 1. The molecule has 0 aliphatic heterocycles. The van der Waals surface area contributed by atoms with E-state index < -0.39 is 11.6 Å². The van der Waals surface area contributed by atoms with Crippen molar-refractivity contribution in [3.63, 3.8) is 0 Å². The molecule has 0 saturated heterocycles. The van der Waals surface area contributed by atoms with Crippen molar-refractivity contribution in [2.75, 3.05) is 5.32 Å². The van der Waals surface area contributed by atoms with Crippen LogP contribution in [0.5, 0.6) is 5.75 Å². The molecule has 2 N–H and O–H groups in total. The van der Waals surface area contributed by atoms with Gasteiger partial charge in [0.25, 0.3) is 5.56 Å². The summed E-state index contributed by atoms with van der Waals surface area (Å²) in [7, 11) is 1.77. The minimum atomic E-state index is -0.714. The van der Waals surface area contributed by atoms with E-state index in [-0.39, 0.29) is 17.1 Å². The Bertz CT molecular complexity index is 843. The van der Waals surface area contributed by atoms with Crippen LogP contribution in [0, 0.1) is 12.3 Å². The summed E-state index contributed by atoms with van der Waals surface area (Å²) in [4.78, 5) is 24.7. The van der Waals surface area contributed by atoms with Gasteiger partial charge in [0.2, 0.25) is 5.91 Å². The molecule has 2 aromatic heterocycles. The summed E-state index contributed by atoms with van der Waals surface area (Å²) in [5.74, 6) is 0.159. The largest absolute Gasteiger partial charge is 0.508 e. The lowest BCUT2D eigenvalue weighted by Gasteiger charge is -2.17. The summed E-state index contributed by atoms with van der Waals surface area (Å²) in [6, 6.07) is 3.69. The van der Waals surface area contributed by atoms with Crippen molar-refractivity contribution in [3.05, 3.63) is 39.9 Å². The molecule has 0 aliphatic carbocycles. The molecule has 2 heterocycles. The van der Waals surface area contributed by atoms with Crippen LogP contribution in [0.3, 0.4) is 0 Å². The molecule has 2 rings (SSSR count). The van der Waals surface area contributed by atoms with Crippen molar-refractivity contribution in [3.8, 4) is 5.75 Å². The molecule has 7 nitrogen and oxygen atoms in total. The molecular weight excluding hydrogens is 320 g/mol. The van der Waals surface area contributed by atoms with Crippen molar-refractivity contribution in [2.24, 2.45) is 12.5 Å². The molecular formula is C18H26N4O3. The molecule has 2 aromatic rings. The minimum Gasteiger partial charge on any atom is -0.508 e. The molecule has 25 heavy (non-hydrogen) atoms. The van der Waals surface area contributed by atoms with Crippen LogP contribution in [-0.4, -0.2) is 25.4 Å². The molecule has 0 aromatic carbocycles. The number of carbonyl (C=O) groups is 1. The summed E-state index contributed by atoms with van der Waals surface area (Å²) in [5, 5.41) is 16.7. The van der Waals surface area contributed by atoms with Gasteiger partial charge in [-0.15, -0.1) is 0 Å². The minimum absolute atomic E-state index is 0.0966. The molecule has 0 unspecified atom stereocenters. The Morgan fingerprint density at radius 2 is 1.96 bits per heavy atom. The highest BCUT2D eigenvalue weighted by Gasteiger charge is 2.21. The molecule has 0 aliphatic rings. The third-order valence-corrected chi connectivity index (χ3v) is 3.91. The number of hydrogen-bond acceptors (Lipinski definition) is 4. The molecule has 0 radical (unpaired) electrons. The van der Waals surface area contributed by atoms with Gasteiger partial charge in [0, 0.05) is 24.9 Å². The van der Waals surface area contributed by atoms with E-state index in [1.807, 2.05) is 6.07 Å². The number of rotatable bonds is 4. The van der Waals surface area contributed by atoms with Gasteiger partial charge in [-0.2, -0.15) is 5.10 Å². The number of amides is 1. The number of nitrogens with zero attached hydrogens (tertiary/aromatic N) is 3. The molecule has 0 spiro atoms. The molecule has 0 saturated carbocycles. The highest BCUT2D eigenvalue weighted by atomic mass is 16.3. The van der Waals surface area contributed by atoms with Crippen molar-refractivity contribution in [1.82, 2.24) is 14.3 Å². The van der Waals surface area contributed by atoms with Crippen LogP contribution >= 0.6 is 0 Å². The first kappa shape index (κ1) is 18.8. The highest BCUT2D eigenvalue weighted by Crippen LogP contribution is 2.22.